The summed E-state index contributed by atoms with van der Waals surface area (Å²) in [5, 5.41) is 16.8. The Morgan fingerprint density at radius 2 is 2.00 bits per heavy atom. The van der Waals surface area contributed by atoms with Crippen LogP contribution in [-0.2, 0) is 9.59 Å². The van der Waals surface area contributed by atoms with Crippen molar-refractivity contribution in [3.8, 4) is 0 Å². The van der Waals surface area contributed by atoms with Gasteiger partial charge in [0.05, 0.1) is 5.92 Å². The summed E-state index contributed by atoms with van der Waals surface area (Å²) in [5.74, 6) is -2.99. The van der Waals surface area contributed by atoms with Gasteiger partial charge in [0, 0.05) is 0 Å². The van der Waals surface area contributed by atoms with E-state index in [0.717, 1.165) is 0 Å². The predicted molar refractivity (Wildman–Crippen MR) is 34.8 cm³/mol. The number of rotatable bonds is 3. The first-order valence-corrected chi connectivity index (χ1v) is 3.25. The van der Waals surface area contributed by atoms with Crippen molar-refractivity contribution in [2.24, 2.45) is 17.6 Å². The van der Waals surface area contributed by atoms with Gasteiger partial charge in [0.15, 0.2) is 0 Å². The number of nitrogens with two attached hydrogens (primary N) is 1. The molecular formula is C6H9NO4. The highest BCUT2D eigenvalue weighted by molar-refractivity contribution is 5.79. The van der Waals surface area contributed by atoms with Crippen LogP contribution in [0.1, 0.15) is 6.42 Å². The molecule has 1 rings (SSSR count). The average Bonchev–Trinajstić information content (AvgIpc) is 2.63. The van der Waals surface area contributed by atoms with Crippen molar-refractivity contribution in [1.29, 1.82) is 0 Å². The van der Waals surface area contributed by atoms with E-state index in [1.165, 1.54) is 0 Å². The smallest absolute Gasteiger partial charge is 0.320 e. The molecule has 0 amide bonds. The van der Waals surface area contributed by atoms with E-state index >= 15 is 0 Å². The Morgan fingerprint density at radius 3 is 2.27 bits per heavy atom. The third kappa shape index (κ3) is 1.48. The van der Waals surface area contributed by atoms with Crippen LogP contribution < -0.4 is 5.73 Å². The predicted octanol–water partition coefficient (Wildman–Crippen LogP) is -0.881. The zero-order valence-electron chi connectivity index (χ0n) is 5.73. The molecule has 5 heteroatoms. The van der Waals surface area contributed by atoms with Crippen molar-refractivity contribution < 1.29 is 19.8 Å². The quantitative estimate of drug-likeness (QED) is 0.496. The fourth-order valence-electron chi connectivity index (χ4n) is 1.08. The summed E-state index contributed by atoms with van der Waals surface area (Å²) in [5.41, 5.74) is 5.19. The summed E-state index contributed by atoms with van der Waals surface area (Å²) in [4.78, 5) is 20.5. The van der Waals surface area contributed by atoms with Crippen molar-refractivity contribution in [3.05, 3.63) is 0 Å². The summed E-state index contributed by atoms with van der Waals surface area (Å²) >= 11 is 0. The Balaban J connectivity index is 2.43. The normalized spacial score (nSPS) is 31.0. The fraction of sp³-hybridized carbons (Fsp3) is 0.667. The molecule has 0 aliphatic heterocycles. The van der Waals surface area contributed by atoms with Crippen LogP contribution in [-0.4, -0.2) is 28.2 Å². The minimum Gasteiger partial charge on any atom is -0.481 e. The highest BCUT2D eigenvalue weighted by atomic mass is 16.4. The van der Waals surface area contributed by atoms with Crippen LogP contribution >= 0.6 is 0 Å². The van der Waals surface area contributed by atoms with Gasteiger partial charge >= 0.3 is 11.9 Å². The van der Waals surface area contributed by atoms with E-state index in [9.17, 15) is 9.59 Å². The van der Waals surface area contributed by atoms with Crippen LogP contribution in [0.2, 0.25) is 0 Å². The highest BCUT2D eigenvalue weighted by Gasteiger charge is 2.49. The molecule has 0 saturated heterocycles. The second-order valence-electron chi connectivity index (χ2n) is 2.71. The van der Waals surface area contributed by atoms with Gasteiger partial charge in [-0.15, -0.1) is 0 Å². The summed E-state index contributed by atoms with van der Waals surface area (Å²) < 4.78 is 0. The van der Waals surface area contributed by atoms with Gasteiger partial charge in [-0.05, 0) is 12.3 Å². The second kappa shape index (κ2) is 2.50. The maximum absolute atomic E-state index is 10.3. The van der Waals surface area contributed by atoms with Gasteiger partial charge in [-0.2, -0.15) is 0 Å². The van der Waals surface area contributed by atoms with Crippen molar-refractivity contribution in [3.63, 3.8) is 0 Å². The molecule has 1 aliphatic carbocycles. The summed E-state index contributed by atoms with van der Waals surface area (Å²) in [7, 11) is 0. The fourth-order valence-corrected chi connectivity index (χ4v) is 1.08. The zero-order chi connectivity index (χ0) is 8.59. The van der Waals surface area contributed by atoms with Crippen LogP contribution in [0.15, 0.2) is 0 Å². The van der Waals surface area contributed by atoms with Crippen molar-refractivity contribution in [2.75, 3.05) is 0 Å². The molecule has 0 spiro atoms. The molecule has 2 unspecified atom stereocenters. The van der Waals surface area contributed by atoms with Gasteiger partial charge in [-0.25, -0.2) is 0 Å². The first-order valence-electron chi connectivity index (χ1n) is 3.25. The SMILES string of the molecule is N[C@H](C(=O)O)C1CC1C(=O)O. The molecule has 0 radical (unpaired) electrons. The topological polar surface area (TPSA) is 101 Å². The monoisotopic (exact) mass is 159 g/mol. The van der Waals surface area contributed by atoms with E-state index < -0.39 is 23.9 Å². The summed E-state index contributed by atoms with van der Waals surface area (Å²) in [6.45, 7) is 0. The minimum atomic E-state index is -1.13. The van der Waals surface area contributed by atoms with Gasteiger partial charge in [0.25, 0.3) is 0 Å². The zero-order valence-corrected chi connectivity index (χ0v) is 5.73. The molecular weight excluding hydrogens is 150 g/mol. The average molecular weight is 159 g/mol. The number of aliphatic carboxylic acids is 2. The second-order valence-corrected chi connectivity index (χ2v) is 2.71. The van der Waals surface area contributed by atoms with Crippen LogP contribution in [0.4, 0.5) is 0 Å². The largest absolute Gasteiger partial charge is 0.481 e. The van der Waals surface area contributed by atoms with Crippen molar-refractivity contribution in [1.82, 2.24) is 0 Å². The van der Waals surface area contributed by atoms with E-state index in [4.69, 9.17) is 15.9 Å². The first kappa shape index (κ1) is 8.00. The molecule has 1 saturated carbocycles. The lowest BCUT2D eigenvalue weighted by atomic mass is 10.1. The van der Waals surface area contributed by atoms with Crippen LogP contribution in [0.25, 0.3) is 0 Å². The molecule has 0 aromatic heterocycles. The van der Waals surface area contributed by atoms with Crippen LogP contribution in [0.3, 0.4) is 0 Å². The number of hydrogen-bond donors (Lipinski definition) is 3. The Hall–Kier alpha value is -1.10. The van der Waals surface area contributed by atoms with E-state index in [2.05, 4.69) is 0 Å². The molecule has 11 heavy (non-hydrogen) atoms. The van der Waals surface area contributed by atoms with Gasteiger partial charge in [-0.3, -0.25) is 9.59 Å². The minimum absolute atomic E-state index is 0.370. The van der Waals surface area contributed by atoms with Crippen LogP contribution in [0.5, 0.6) is 0 Å². The van der Waals surface area contributed by atoms with E-state index in [1.54, 1.807) is 0 Å². The molecule has 1 aliphatic rings. The molecule has 3 atom stereocenters. The summed E-state index contributed by atoms with van der Waals surface area (Å²) in [6.07, 6.45) is 0.392. The maximum atomic E-state index is 10.3. The number of carboxylic acids is 2. The highest BCUT2D eigenvalue weighted by Crippen LogP contribution is 2.40. The molecule has 1 fully saturated rings. The maximum Gasteiger partial charge on any atom is 0.320 e. The Labute approximate surface area is 62.8 Å². The number of carboxylic acid groups (broad SMARTS) is 2. The van der Waals surface area contributed by atoms with E-state index in [1.807, 2.05) is 0 Å². The van der Waals surface area contributed by atoms with Crippen LogP contribution in [0, 0.1) is 11.8 Å². The third-order valence-corrected chi connectivity index (χ3v) is 1.90. The molecule has 5 nitrogen and oxygen atoms in total. The van der Waals surface area contributed by atoms with Gasteiger partial charge in [0.1, 0.15) is 6.04 Å². The Bertz CT molecular complexity index is 203. The van der Waals surface area contributed by atoms with Gasteiger partial charge in [0.2, 0.25) is 0 Å². The first-order chi connectivity index (χ1) is 5.04. The lowest BCUT2D eigenvalue weighted by molar-refractivity contribution is -0.140. The third-order valence-electron chi connectivity index (χ3n) is 1.90. The lowest BCUT2D eigenvalue weighted by Crippen LogP contribution is -2.33. The molecule has 4 N–H and O–H groups in total. The van der Waals surface area contributed by atoms with Crippen molar-refractivity contribution >= 4 is 11.9 Å². The van der Waals surface area contributed by atoms with E-state index in [0.29, 0.717) is 6.42 Å². The molecule has 0 aromatic carbocycles. The Kier molecular flexibility index (Phi) is 1.82. The molecule has 0 heterocycles. The number of hydrogen-bond acceptors (Lipinski definition) is 3. The van der Waals surface area contributed by atoms with Gasteiger partial charge in [-0.1, -0.05) is 0 Å². The van der Waals surface area contributed by atoms with Gasteiger partial charge < -0.3 is 15.9 Å². The molecule has 0 bridgehead atoms. The summed E-state index contributed by atoms with van der Waals surface area (Å²) in [6, 6.07) is -1.02. The molecule has 62 valence electrons. The molecule has 0 aromatic rings. The van der Waals surface area contributed by atoms with Crippen molar-refractivity contribution in [2.45, 2.75) is 12.5 Å². The standard InChI is InChI=1S/C6H9NO4/c7-4(6(10)11)2-1-3(2)5(8)9/h2-4H,1,7H2,(H,8,9)(H,10,11)/t2?,3?,4-/m0/s1. The lowest BCUT2D eigenvalue weighted by Gasteiger charge is -2.01. The number of carbonyl (C=O) groups is 2. The Morgan fingerprint density at radius 1 is 1.45 bits per heavy atom. The van der Waals surface area contributed by atoms with E-state index in [-0.39, 0.29) is 5.92 Å².